The molecule has 0 amide bonds. The van der Waals surface area contributed by atoms with Gasteiger partial charge in [-0.1, -0.05) is 41.6 Å². The fourth-order valence-corrected chi connectivity index (χ4v) is 2.15. The Kier molecular flexibility index (Phi) is 4.75. The summed E-state index contributed by atoms with van der Waals surface area (Å²) in [6.45, 7) is 2.74. The highest BCUT2D eigenvalue weighted by atomic mass is 16.5. The second kappa shape index (κ2) is 7.13. The molecule has 6 heteroatoms. The highest BCUT2D eigenvalue weighted by Crippen LogP contribution is 2.19. The highest BCUT2D eigenvalue weighted by Gasteiger charge is 2.17. The molecule has 0 fully saturated rings. The SMILES string of the molecule is Cc1cccnc1-c1noc([C@H](N)COCc2ccccc2)n1. The van der Waals surface area contributed by atoms with Crippen molar-refractivity contribution in [1.29, 1.82) is 0 Å². The van der Waals surface area contributed by atoms with Crippen molar-refractivity contribution in [2.45, 2.75) is 19.6 Å². The van der Waals surface area contributed by atoms with Crippen molar-refractivity contribution >= 4 is 0 Å². The normalized spacial score (nSPS) is 12.3. The van der Waals surface area contributed by atoms with E-state index in [9.17, 15) is 0 Å². The zero-order valence-electron chi connectivity index (χ0n) is 12.8. The van der Waals surface area contributed by atoms with Gasteiger partial charge in [-0.15, -0.1) is 0 Å². The zero-order chi connectivity index (χ0) is 16.1. The predicted molar refractivity (Wildman–Crippen MR) is 85.3 cm³/mol. The van der Waals surface area contributed by atoms with Crippen LogP contribution < -0.4 is 5.73 Å². The van der Waals surface area contributed by atoms with Gasteiger partial charge < -0.3 is 15.0 Å². The maximum atomic E-state index is 6.05. The van der Waals surface area contributed by atoms with Crippen molar-refractivity contribution in [3.05, 3.63) is 65.7 Å². The molecular formula is C17H18N4O2. The molecule has 3 aromatic rings. The van der Waals surface area contributed by atoms with Crippen LogP contribution in [0.5, 0.6) is 0 Å². The molecule has 2 heterocycles. The van der Waals surface area contributed by atoms with Gasteiger partial charge in [0.15, 0.2) is 0 Å². The lowest BCUT2D eigenvalue weighted by molar-refractivity contribution is 0.0997. The first-order valence-electron chi connectivity index (χ1n) is 7.37. The molecule has 0 saturated heterocycles. The Morgan fingerprint density at radius 2 is 2.00 bits per heavy atom. The number of pyridine rings is 1. The minimum atomic E-state index is -0.469. The van der Waals surface area contributed by atoms with Gasteiger partial charge in [-0.3, -0.25) is 4.98 Å². The maximum Gasteiger partial charge on any atom is 0.246 e. The number of rotatable bonds is 6. The standard InChI is InChI=1S/C17H18N4O2/c1-12-6-5-9-19-15(12)16-20-17(23-21-16)14(18)11-22-10-13-7-3-2-4-8-13/h2-9,14H,10-11,18H2,1H3/t14-/m1/s1. The Hall–Kier alpha value is -2.57. The molecule has 23 heavy (non-hydrogen) atoms. The van der Waals surface area contributed by atoms with Gasteiger partial charge in [0.25, 0.3) is 0 Å². The van der Waals surface area contributed by atoms with Gasteiger partial charge in [0.05, 0.1) is 13.2 Å². The van der Waals surface area contributed by atoms with Crippen molar-refractivity contribution in [3.63, 3.8) is 0 Å². The Labute approximate surface area is 134 Å². The van der Waals surface area contributed by atoms with E-state index in [-0.39, 0.29) is 0 Å². The van der Waals surface area contributed by atoms with E-state index in [1.54, 1.807) is 6.20 Å². The first-order chi connectivity index (χ1) is 11.2. The van der Waals surface area contributed by atoms with Gasteiger partial charge in [-0.25, -0.2) is 0 Å². The van der Waals surface area contributed by atoms with Crippen LogP contribution in [0, 0.1) is 6.92 Å². The molecule has 0 spiro atoms. The molecule has 2 aromatic heterocycles. The summed E-state index contributed by atoms with van der Waals surface area (Å²) in [6, 6.07) is 13.2. The number of nitrogens with two attached hydrogens (primary N) is 1. The summed E-state index contributed by atoms with van der Waals surface area (Å²) >= 11 is 0. The second-order valence-electron chi connectivity index (χ2n) is 5.23. The molecule has 0 aliphatic heterocycles. The third-order valence-corrected chi connectivity index (χ3v) is 3.39. The quantitative estimate of drug-likeness (QED) is 0.753. The summed E-state index contributed by atoms with van der Waals surface area (Å²) in [4.78, 5) is 8.59. The second-order valence-corrected chi connectivity index (χ2v) is 5.23. The molecule has 1 aromatic carbocycles. The largest absolute Gasteiger partial charge is 0.375 e. The Bertz CT molecular complexity index is 758. The molecule has 6 nitrogen and oxygen atoms in total. The zero-order valence-corrected chi connectivity index (χ0v) is 12.8. The van der Waals surface area contributed by atoms with E-state index in [0.29, 0.717) is 30.6 Å². The number of benzene rings is 1. The monoisotopic (exact) mass is 310 g/mol. The number of aryl methyl sites for hydroxylation is 1. The van der Waals surface area contributed by atoms with Crippen molar-refractivity contribution in [2.24, 2.45) is 5.73 Å². The lowest BCUT2D eigenvalue weighted by Crippen LogP contribution is -2.17. The molecule has 1 atom stereocenters. The van der Waals surface area contributed by atoms with E-state index in [1.807, 2.05) is 49.4 Å². The molecule has 2 N–H and O–H groups in total. The predicted octanol–water partition coefficient (Wildman–Crippen LogP) is 2.66. The minimum absolute atomic E-state index is 0.303. The lowest BCUT2D eigenvalue weighted by atomic mass is 10.2. The van der Waals surface area contributed by atoms with Crippen LogP contribution in [-0.2, 0) is 11.3 Å². The highest BCUT2D eigenvalue weighted by molar-refractivity contribution is 5.53. The third-order valence-electron chi connectivity index (χ3n) is 3.39. The van der Waals surface area contributed by atoms with Crippen LogP contribution in [0.15, 0.2) is 53.2 Å². The van der Waals surface area contributed by atoms with Crippen LogP contribution >= 0.6 is 0 Å². The first-order valence-corrected chi connectivity index (χ1v) is 7.37. The number of aromatic nitrogens is 3. The van der Waals surface area contributed by atoms with E-state index < -0.39 is 6.04 Å². The van der Waals surface area contributed by atoms with Crippen LogP contribution in [0.1, 0.15) is 23.1 Å². The van der Waals surface area contributed by atoms with E-state index in [0.717, 1.165) is 11.1 Å². The summed E-state index contributed by atoms with van der Waals surface area (Å²) in [5.41, 5.74) is 8.81. The lowest BCUT2D eigenvalue weighted by Gasteiger charge is -2.08. The average molecular weight is 310 g/mol. The molecule has 118 valence electrons. The number of ether oxygens (including phenoxy) is 1. The van der Waals surface area contributed by atoms with Gasteiger partial charge in [-0.05, 0) is 24.1 Å². The van der Waals surface area contributed by atoms with Crippen molar-refractivity contribution in [2.75, 3.05) is 6.61 Å². The fraction of sp³-hybridized carbons (Fsp3) is 0.235. The van der Waals surface area contributed by atoms with Crippen molar-refractivity contribution in [1.82, 2.24) is 15.1 Å². The first kappa shape index (κ1) is 15.3. The van der Waals surface area contributed by atoms with Crippen molar-refractivity contribution < 1.29 is 9.26 Å². The Morgan fingerprint density at radius 1 is 1.17 bits per heavy atom. The van der Waals surface area contributed by atoms with E-state index in [2.05, 4.69) is 15.1 Å². The molecule has 0 unspecified atom stereocenters. The Balaban J connectivity index is 1.60. The van der Waals surface area contributed by atoms with Crippen molar-refractivity contribution in [3.8, 4) is 11.5 Å². The van der Waals surface area contributed by atoms with Gasteiger partial charge >= 0.3 is 0 Å². The molecular weight excluding hydrogens is 292 g/mol. The maximum absolute atomic E-state index is 6.05. The summed E-state index contributed by atoms with van der Waals surface area (Å²) < 4.78 is 10.8. The van der Waals surface area contributed by atoms with Gasteiger partial charge in [0.1, 0.15) is 11.7 Å². The topological polar surface area (TPSA) is 87.1 Å². The van der Waals surface area contributed by atoms with Crippen LogP contribution in [0.25, 0.3) is 11.5 Å². The third kappa shape index (κ3) is 3.80. The van der Waals surface area contributed by atoms with Crippen LogP contribution in [0.4, 0.5) is 0 Å². The minimum Gasteiger partial charge on any atom is -0.375 e. The summed E-state index contributed by atoms with van der Waals surface area (Å²) in [5.74, 6) is 0.787. The Morgan fingerprint density at radius 3 is 2.78 bits per heavy atom. The molecule has 0 radical (unpaired) electrons. The summed E-state index contributed by atoms with van der Waals surface area (Å²) in [6.07, 6.45) is 1.70. The van der Waals surface area contributed by atoms with E-state index in [1.165, 1.54) is 0 Å². The average Bonchev–Trinajstić information content (AvgIpc) is 3.06. The van der Waals surface area contributed by atoms with Crippen LogP contribution in [-0.4, -0.2) is 21.7 Å². The number of nitrogens with zero attached hydrogens (tertiary/aromatic N) is 3. The molecule has 0 bridgehead atoms. The van der Waals surface area contributed by atoms with Gasteiger partial charge in [-0.2, -0.15) is 4.98 Å². The van der Waals surface area contributed by atoms with E-state index >= 15 is 0 Å². The smallest absolute Gasteiger partial charge is 0.246 e. The number of hydrogen-bond donors (Lipinski definition) is 1. The summed E-state index contributed by atoms with van der Waals surface area (Å²) in [5, 5.41) is 3.95. The van der Waals surface area contributed by atoms with Gasteiger partial charge in [0.2, 0.25) is 11.7 Å². The van der Waals surface area contributed by atoms with Gasteiger partial charge in [0, 0.05) is 6.20 Å². The fourth-order valence-electron chi connectivity index (χ4n) is 2.15. The molecule has 0 aliphatic carbocycles. The molecule has 3 rings (SSSR count). The molecule has 0 saturated carbocycles. The van der Waals surface area contributed by atoms with Crippen LogP contribution in [0.3, 0.4) is 0 Å². The van der Waals surface area contributed by atoms with E-state index in [4.69, 9.17) is 15.0 Å². The number of hydrogen-bond acceptors (Lipinski definition) is 6. The molecule has 0 aliphatic rings. The summed E-state index contributed by atoms with van der Waals surface area (Å²) in [7, 11) is 0. The van der Waals surface area contributed by atoms with Crippen LogP contribution in [0.2, 0.25) is 0 Å².